The second kappa shape index (κ2) is 8.20. The molecule has 30 heavy (non-hydrogen) atoms. The predicted octanol–water partition coefficient (Wildman–Crippen LogP) is 3.96. The van der Waals surface area contributed by atoms with Crippen molar-refractivity contribution in [1.29, 1.82) is 0 Å². The van der Waals surface area contributed by atoms with Crippen molar-refractivity contribution in [2.24, 2.45) is 5.92 Å². The van der Waals surface area contributed by atoms with Crippen LogP contribution in [0.25, 0.3) is 11.3 Å². The molecule has 3 aromatic rings. The van der Waals surface area contributed by atoms with Crippen LogP contribution in [0.15, 0.2) is 55.1 Å². The van der Waals surface area contributed by atoms with Gasteiger partial charge in [0.05, 0.1) is 43.1 Å². The molecule has 1 fully saturated rings. The van der Waals surface area contributed by atoms with Crippen molar-refractivity contribution >= 4 is 5.82 Å². The average molecular weight is 405 g/mol. The lowest BCUT2D eigenvalue weighted by atomic mass is 9.81. The van der Waals surface area contributed by atoms with Gasteiger partial charge in [-0.15, -0.1) is 0 Å². The number of fused-ring (bicyclic) bond motifs is 3. The van der Waals surface area contributed by atoms with Crippen LogP contribution in [-0.4, -0.2) is 31.8 Å². The molecule has 156 valence electrons. The number of anilines is 1. The van der Waals surface area contributed by atoms with Crippen LogP contribution >= 0.6 is 0 Å². The molecule has 1 aromatic carbocycles. The molecule has 0 radical (unpaired) electrons. The van der Waals surface area contributed by atoms with E-state index in [9.17, 15) is 5.11 Å². The van der Waals surface area contributed by atoms with Crippen molar-refractivity contribution in [1.82, 2.24) is 14.5 Å². The summed E-state index contributed by atoms with van der Waals surface area (Å²) >= 11 is 0. The number of hydrogen-bond acceptors (Lipinski definition) is 5. The minimum absolute atomic E-state index is 0.167. The molecule has 1 aliphatic heterocycles. The van der Waals surface area contributed by atoms with Crippen molar-refractivity contribution in [3.8, 4) is 11.3 Å². The van der Waals surface area contributed by atoms with Crippen LogP contribution in [-0.2, 0) is 11.3 Å². The van der Waals surface area contributed by atoms with Crippen LogP contribution in [0.4, 0.5) is 5.82 Å². The molecule has 6 nitrogen and oxygen atoms in total. The molecule has 2 atom stereocenters. The SMILES string of the molecule is Nc1cc(CO[C@H]2CC[C@H](C(O)CC3c4ccccc4-c4cncn43)CC2)ccn1. The molecule has 0 bridgehead atoms. The van der Waals surface area contributed by atoms with E-state index in [2.05, 4.69) is 38.8 Å². The van der Waals surface area contributed by atoms with Gasteiger partial charge in [0.25, 0.3) is 0 Å². The Labute approximate surface area is 176 Å². The molecule has 2 aromatic heterocycles. The zero-order chi connectivity index (χ0) is 20.5. The molecule has 0 amide bonds. The number of hydrogen-bond donors (Lipinski definition) is 2. The molecular formula is C24H28N4O2. The van der Waals surface area contributed by atoms with E-state index < -0.39 is 0 Å². The van der Waals surface area contributed by atoms with Crippen molar-refractivity contribution in [3.05, 3.63) is 66.2 Å². The first-order valence-electron chi connectivity index (χ1n) is 10.8. The fourth-order valence-electron chi connectivity index (χ4n) is 5.03. The second-order valence-electron chi connectivity index (χ2n) is 8.53. The minimum Gasteiger partial charge on any atom is -0.393 e. The summed E-state index contributed by atoms with van der Waals surface area (Å²) in [4.78, 5) is 8.35. The maximum atomic E-state index is 11.1. The molecule has 6 heteroatoms. The maximum absolute atomic E-state index is 11.1. The van der Waals surface area contributed by atoms with Crippen molar-refractivity contribution in [2.75, 3.05) is 5.73 Å². The highest BCUT2D eigenvalue weighted by molar-refractivity contribution is 5.68. The van der Waals surface area contributed by atoms with Crippen LogP contribution in [0.5, 0.6) is 0 Å². The molecule has 3 heterocycles. The second-order valence-corrected chi connectivity index (χ2v) is 8.53. The van der Waals surface area contributed by atoms with Crippen LogP contribution in [0, 0.1) is 5.92 Å². The van der Waals surface area contributed by atoms with E-state index in [0.29, 0.717) is 18.3 Å². The molecule has 3 N–H and O–H groups in total. The Balaban J connectivity index is 1.16. The van der Waals surface area contributed by atoms with Gasteiger partial charge in [0.15, 0.2) is 0 Å². The van der Waals surface area contributed by atoms with Gasteiger partial charge < -0.3 is 20.1 Å². The molecule has 0 spiro atoms. The number of nitrogen functional groups attached to an aromatic ring is 1. The standard InChI is InChI=1S/C24H28N4O2/c25-24-11-16(9-10-27-24)14-30-18-7-5-17(6-8-18)23(29)12-21-19-3-1-2-4-20(19)22-13-26-15-28(21)22/h1-4,9-11,13,15,17-18,21,23,29H,5-8,12,14H2,(H2,25,27)/t17-,18-,21?,23?. The molecule has 2 aliphatic rings. The lowest BCUT2D eigenvalue weighted by Crippen LogP contribution is -2.30. The van der Waals surface area contributed by atoms with Gasteiger partial charge >= 0.3 is 0 Å². The highest BCUT2D eigenvalue weighted by Crippen LogP contribution is 2.42. The number of nitrogens with zero attached hydrogens (tertiary/aromatic N) is 3. The number of ether oxygens (including phenoxy) is 1. The first-order valence-corrected chi connectivity index (χ1v) is 10.8. The van der Waals surface area contributed by atoms with E-state index in [1.54, 1.807) is 6.20 Å². The molecule has 0 saturated heterocycles. The first kappa shape index (κ1) is 19.3. The highest BCUT2D eigenvalue weighted by Gasteiger charge is 2.33. The fourth-order valence-corrected chi connectivity index (χ4v) is 5.03. The smallest absolute Gasteiger partial charge is 0.123 e. The normalized spacial score (nSPS) is 23.7. The van der Waals surface area contributed by atoms with Crippen molar-refractivity contribution in [3.63, 3.8) is 0 Å². The number of nitrogens with two attached hydrogens (primary N) is 1. The van der Waals surface area contributed by atoms with Gasteiger partial charge in [0.1, 0.15) is 5.82 Å². The topological polar surface area (TPSA) is 86.2 Å². The highest BCUT2D eigenvalue weighted by atomic mass is 16.5. The summed E-state index contributed by atoms with van der Waals surface area (Å²) in [7, 11) is 0. The Morgan fingerprint density at radius 1 is 1.17 bits per heavy atom. The number of imidazole rings is 1. The van der Waals surface area contributed by atoms with Gasteiger partial charge in [0.2, 0.25) is 0 Å². The van der Waals surface area contributed by atoms with Gasteiger partial charge in [0, 0.05) is 11.8 Å². The minimum atomic E-state index is -0.322. The van der Waals surface area contributed by atoms with Gasteiger partial charge in [-0.25, -0.2) is 9.97 Å². The summed E-state index contributed by atoms with van der Waals surface area (Å²) in [6.07, 6.45) is 10.1. The third kappa shape index (κ3) is 3.73. The van der Waals surface area contributed by atoms with E-state index in [-0.39, 0.29) is 18.2 Å². The lowest BCUT2D eigenvalue weighted by molar-refractivity contribution is -0.0160. The van der Waals surface area contributed by atoms with Gasteiger partial charge in [-0.3, -0.25) is 0 Å². The summed E-state index contributed by atoms with van der Waals surface area (Å²) < 4.78 is 8.30. The largest absolute Gasteiger partial charge is 0.393 e. The Hall–Kier alpha value is -2.70. The Kier molecular flexibility index (Phi) is 5.27. The Morgan fingerprint density at radius 3 is 2.83 bits per heavy atom. The van der Waals surface area contributed by atoms with Crippen LogP contribution in [0.2, 0.25) is 0 Å². The number of aliphatic hydroxyl groups excluding tert-OH is 1. The van der Waals surface area contributed by atoms with Crippen molar-refractivity contribution < 1.29 is 9.84 Å². The fraction of sp³-hybridized carbons (Fsp3) is 0.417. The van der Waals surface area contributed by atoms with Crippen LogP contribution < -0.4 is 5.73 Å². The molecule has 1 saturated carbocycles. The number of aliphatic hydroxyl groups is 1. The molecular weight excluding hydrogens is 376 g/mol. The van der Waals surface area contributed by atoms with Crippen LogP contribution in [0.3, 0.4) is 0 Å². The van der Waals surface area contributed by atoms with E-state index in [1.807, 2.05) is 24.7 Å². The number of benzene rings is 1. The lowest BCUT2D eigenvalue weighted by Gasteiger charge is -2.32. The average Bonchev–Trinajstić information content (AvgIpc) is 3.35. The van der Waals surface area contributed by atoms with E-state index in [4.69, 9.17) is 10.5 Å². The number of rotatable bonds is 6. The van der Waals surface area contributed by atoms with Gasteiger partial charge in [-0.1, -0.05) is 24.3 Å². The predicted molar refractivity (Wildman–Crippen MR) is 116 cm³/mol. The quantitative estimate of drug-likeness (QED) is 0.649. The monoisotopic (exact) mass is 404 g/mol. The van der Waals surface area contributed by atoms with Crippen molar-refractivity contribution in [2.45, 2.75) is 57.0 Å². The van der Waals surface area contributed by atoms with E-state index >= 15 is 0 Å². The zero-order valence-corrected chi connectivity index (χ0v) is 17.0. The summed E-state index contributed by atoms with van der Waals surface area (Å²) in [5, 5.41) is 11.1. The first-order chi connectivity index (χ1) is 14.7. The zero-order valence-electron chi connectivity index (χ0n) is 17.0. The van der Waals surface area contributed by atoms with Gasteiger partial charge in [-0.05, 0) is 61.3 Å². The maximum Gasteiger partial charge on any atom is 0.123 e. The van der Waals surface area contributed by atoms with Crippen LogP contribution in [0.1, 0.15) is 49.3 Å². The summed E-state index contributed by atoms with van der Waals surface area (Å²) in [5.41, 5.74) is 10.5. The van der Waals surface area contributed by atoms with Gasteiger partial charge in [-0.2, -0.15) is 0 Å². The Morgan fingerprint density at radius 2 is 2.00 bits per heavy atom. The van der Waals surface area contributed by atoms with E-state index in [0.717, 1.165) is 43.4 Å². The molecule has 2 unspecified atom stereocenters. The molecule has 1 aliphatic carbocycles. The van der Waals surface area contributed by atoms with E-state index in [1.165, 1.54) is 11.1 Å². The number of pyridine rings is 1. The Bertz CT molecular complexity index is 1010. The summed E-state index contributed by atoms with van der Waals surface area (Å²) in [6, 6.07) is 12.4. The third-order valence-corrected chi connectivity index (χ3v) is 6.66. The summed E-state index contributed by atoms with van der Waals surface area (Å²) in [5.74, 6) is 0.846. The number of aromatic nitrogens is 3. The molecule has 5 rings (SSSR count). The third-order valence-electron chi connectivity index (χ3n) is 6.66. The summed E-state index contributed by atoms with van der Waals surface area (Å²) in [6.45, 7) is 0.562.